The Balaban J connectivity index is 1.89. The van der Waals surface area contributed by atoms with E-state index in [2.05, 4.69) is 31.8 Å². The highest BCUT2D eigenvalue weighted by atomic mass is 79.9. The average Bonchev–Trinajstić information content (AvgIpc) is 2.56. The number of anilines is 1. The fraction of sp³-hybridized carbons (Fsp3) is 0.211. The van der Waals surface area contributed by atoms with Gasteiger partial charge in [0.25, 0.3) is 5.91 Å². The first-order valence-corrected chi connectivity index (χ1v) is 8.60. The van der Waals surface area contributed by atoms with Crippen molar-refractivity contribution >= 4 is 39.1 Å². The Morgan fingerprint density at radius 3 is 2.36 bits per heavy atom. The maximum atomic E-state index is 12.1. The summed E-state index contributed by atoms with van der Waals surface area (Å²) in [5.74, 6) is -0.496. The van der Waals surface area contributed by atoms with E-state index in [1.54, 1.807) is 31.2 Å². The summed E-state index contributed by atoms with van der Waals surface area (Å²) in [7, 11) is 0. The monoisotopic (exact) mass is 401 g/mol. The fourth-order valence-corrected chi connectivity index (χ4v) is 2.37. The molecular weight excluding hydrogens is 382 g/mol. The molecule has 0 aliphatic rings. The van der Waals surface area contributed by atoms with Gasteiger partial charge in [-0.25, -0.2) is 5.43 Å². The van der Waals surface area contributed by atoms with Crippen molar-refractivity contribution in [3.8, 4) is 0 Å². The molecule has 0 aliphatic carbocycles. The highest BCUT2D eigenvalue weighted by molar-refractivity contribution is 9.10. The number of rotatable bonds is 5. The molecule has 0 saturated heterocycles. The second kappa shape index (κ2) is 8.58. The van der Waals surface area contributed by atoms with Crippen molar-refractivity contribution in [3.63, 3.8) is 0 Å². The summed E-state index contributed by atoms with van der Waals surface area (Å²) in [6.07, 6.45) is 0.105. The number of benzene rings is 2. The van der Waals surface area contributed by atoms with Crippen LogP contribution in [0.2, 0.25) is 0 Å². The number of carbonyl (C=O) groups is 2. The normalized spacial score (nSPS) is 11.1. The first-order valence-electron chi connectivity index (χ1n) is 7.81. The largest absolute Gasteiger partial charge is 0.326 e. The van der Waals surface area contributed by atoms with E-state index >= 15 is 0 Å². The second-order valence-corrected chi connectivity index (χ2v) is 6.73. The van der Waals surface area contributed by atoms with Crippen LogP contribution in [0.15, 0.2) is 52.0 Å². The van der Waals surface area contributed by atoms with Crippen molar-refractivity contribution in [1.29, 1.82) is 0 Å². The Kier molecular flexibility index (Phi) is 6.47. The third-order valence-corrected chi connectivity index (χ3v) is 4.19. The van der Waals surface area contributed by atoms with Crippen molar-refractivity contribution < 1.29 is 9.59 Å². The molecule has 2 N–H and O–H groups in total. The molecule has 2 aromatic carbocycles. The molecule has 0 unspecified atom stereocenters. The zero-order valence-electron chi connectivity index (χ0n) is 14.4. The van der Waals surface area contributed by atoms with Crippen molar-refractivity contribution in [1.82, 2.24) is 5.43 Å². The van der Waals surface area contributed by atoms with Crippen LogP contribution in [0.25, 0.3) is 0 Å². The molecule has 0 bridgehead atoms. The first-order chi connectivity index (χ1) is 11.8. The molecule has 0 heterocycles. The quantitative estimate of drug-likeness (QED) is 0.581. The van der Waals surface area contributed by atoms with E-state index < -0.39 is 0 Å². The minimum absolute atomic E-state index is 0.105. The van der Waals surface area contributed by atoms with E-state index in [-0.39, 0.29) is 18.2 Å². The third kappa shape index (κ3) is 5.83. The molecule has 2 aromatic rings. The number of nitrogens with zero attached hydrogens (tertiary/aromatic N) is 1. The van der Waals surface area contributed by atoms with E-state index in [0.29, 0.717) is 11.3 Å². The molecule has 0 saturated carbocycles. The molecule has 0 atom stereocenters. The number of aryl methyl sites for hydroxylation is 2. The second-order valence-electron chi connectivity index (χ2n) is 5.82. The van der Waals surface area contributed by atoms with Gasteiger partial charge in [-0.1, -0.05) is 22.0 Å². The minimum Gasteiger partial charge on any atom is -0.326 e. The van der Waals surface area contributed by atoms with Gasteiger partial charge in [-0.2, -0.15) is 5.10 Å². The predicted molar refractivity (Wildman–Crippen MR) is 104 cm³/mol. The summed E-state index contributed by atoms with van der Waals surface area (Å²) in [6, 6.07) is 12.7. The molecule has 2 rings (SSSR count). The van der Waals surface area contributed by atoms with E-state index in [1.807, 2.05) is 32.0 Å². The zero-order chi connectivity index (χ0) is 18.4. The van der Waals surface area contributed by atoms with Gasteiger partial charge in [0.1, 0.15) is 0 Å². The lowest BCUT2D eigenvalue weighted by molar-refractivity contribution is -0.115. The molecule has 0 radical (unpaired) electrons. The highest BCUT2D eigenvalue weighted by Gasteiger charge is 2.07. The van der Waals surface area contributed by atoms with Crippen LogP contribution < -0.4 is 10.7 Å². The number of halogens is 1. The van der Waals surface area contributed by atoms with E-state index in [4.69, 9.17) is 0 Å². The lowest BCUT2D eigenvalue weighted by Crippen LogP contribution is -2.21. The van der Waals surface area contributed by atoms with Crippen molar-refractivity contribution in [3.05, 3.63) is 63.6 Å². The molecule has 6 heteroatoms. The Morgan fingerprint density at radius 1 is 1.04 bits per heavy atom. The van der Waals surface area contributed by atoms with Gasteiger partial charge in [0, 0.05) is 21.4 Å². The van der Waals surface area contributed by atoms with Crippen LogP contribution in [0.5, 0.6) is 0 Å². The SMILES string of the molecule is C/C(CC(=O)Nc1ccc(C)c(C)c1)=N\NC(=O)c1ccc(Br)cc1. The van der Waals surface area contributed by atoms with Crippen LogP contribution >= 0.6 is 15.9 Å². The number of nitrogens with one attached hydrogen (secondary N) is 2. The molecular formula is C19H20BrN3O2. The Morgan fingerprint density at radius 2 is 1.72 bits per heavy atom. The van der Waals surface area contributed by atoms with Crippen LogP contribution in [-0.4, -0.2) is 17.5 Å². The van der Waals surface area contributed by atoms with E-state index in [0.717, 1.165) is 15.7 Å². The number of hydrogen-bond donors (Lipinski definition) is 2. The van der Waals surface area contributed by atoms with Crippen molar-refractivity contribution in [2.24, 2.45) is 5.10 Å². The summed E-state index contributed by atoms with van der Waals surface area (Å²) in [4.78, 5) is 24.0. The summed E-state index contributed by atoms with van der Waals surface area (Å²) in [5, 5.41) is 6.81. The van der Waals surface area contributed by atoms with Crippen LogP contribution in [0.1, 0.15) is 34.8 Å². The summed E-state index contributed by atoms with van der Waals surface area (Å²) >= 11 is 3.32. The summed E-state index contributed by atoms with van der Waals surface area (Å²) in [6.45, 7) is 5.71. The predicted octanol–water partition coefficient (Wildman–Crippen LogP) is 4.20. The molecule has 0 aromatic heterocycles. The molecule has 5 nitrogen and oxygen atoms in total. The molecule has 0 fully saturated rings. The lowest BCUT2D eigenvalue weighted by Gasteiger charge is -2.08. The maximum Gasteiger partial charge on any atom is 0.271 e. The van der Waals surface area contributed by atoms with E-state index in [9.17, 15) is 9.59 Å². The van der Waals surface area contributed by atoms with Crippen molar-refractivity contribution in [2.45, 2.75) is 27.2 Å². The van der Waals surface area contributed by atoms with Gasteiger partial charge >= 0.3 is 0 Å². The van der Waals surface area contributed by atoms with Gasteiger partial charge in [0.2, 0.25) is 5.91 Å². The topological polar surface area (TPSA) is 70.6 Å². The number of amides is 2. The first kappa shape index (κ1) is 18.9. The minimum atomic E-state index is -0.318. The van der Waals surface area contributed by atoms with Gasteiger partial charge in [0.05, 0.1) is 6.42 Å². The summed E-state index contributed by atoms with van der Waals surface area (Å²) in [5.41, 5.74) is 6.52. The van der Waals surface area contributed by atoms with Gasteiger partial charge in [0.15, 0.2) is 0 Å². The average molecular weight is 402 g/mol. The lowest BCUT2D eigenvalue weighted by atomic mass is 10.1. The standard InChI is InChI=1S/C19H20BrN3O2/c1-12-4-9-17(10-13(12)2)21-18(24)11-14(3)22-23-19(25)15-5-7-16(20)8-6-15/h4-10H,11H2,1-3H3,(H,21,24)(H,23,25)/b22-14+. The molecule has 0 aliphatic heterocycles. The Bertz CT molecular complexity index is 814. The van der Waals surface area contributed by atoms with Crippen LogP contribution in [-0.2, 0) is 4.79 Å². The highest BCUT2D eigenvalue weighted by Crippen LogP contribution is 2.14. The molecule has 2 amide bonds. The number of carbonyl (C=O) groups excluding carboxylic acids is 2. The van der Waals surface area contributed by atoms with Crippen molar-refractivity contribution in [2.75, 3.05) is 5.32 Å². The Hall–Kier alpha value is -2.47. The molecule has 130 valence electrons. The van der Waals surface area contributed by atoms with E-state index in [1.165, 1.54) is 5.56 Å². The van der Waals surface area contributed by atoms with Crippen LogP contribution in [0.4, 0.5) is 5.69 Å². The Labute approximate surface area is 155 Å². The maximum absolute atomic E-state index is 12.1. The van der Waals surface area contributed by atoms with Crippen LogP contribution in [0, 0.1) is 13.8 Å². The smallest absolute Gasteiger partial charge is 0.271 e. The third-order valence-electron chi connectivity index (χ3n) is 3.66. The van der Waals surface area contributed by atoms with Gasteiger partial charge in [-0.05, 0) is 68.3 Å². The van der Waals surface area contributed by atoms with Gasteiger partial charge < -0.3 is 5.32 Å². The molecule has 0 spiro atoms. The molecule has 25 heavy (non-hydrogen) atoms. The summed E-state index contributed by atoms with van der Waals surface area (Å²) < 4.78 is 0.895. The number of hydrazone groups is 1. The zero-order valence-corrected chi connectivity index (χ0v) is 16.0. The van der Waals surface area contributed by atoms with Gasteiger partial charge in [-0.3, -0.25) is 9.59 Å². The fourth-order valence-electron chi connectivity index (χ4n) is 2.11. The number of hydrogen-bond acceptors (Lipinski definition) is 3. The van der Waals surface area contributed by atoms with Crippen LogP contribution in [0.3, 0.4) is 0 Å². The van der Waals surface area contributed by atoms with Gasteiger partial charge in [-0.15, -0.1) is 0 Å².